The molecule has 0 N–H and O–H groups in total. The standard InChI is InChI=1S/C16H28O4S2/c1-15(2,9-11-21-5)19-13(17)7-8-14(18)20-16(3,4)10-12-22-6/h7-8H,9-12H2,1-6H3/b8-7+. The maximum Gasteiger partial charge on any atom is 0.331 e. The normalized spacial score (nSPS) is 12.5. The summed E-state index contributed by atoms with van der Waals surface area (Å²) in [4.78, 5) is 23.5. The zero-order valence-corrected chi connectivity index (χ0v) is 16.1. The van der Waals surface area contributed by atoms with Crippen LogP contribution in [0.2, 0.25) is 0 Å². The Kier molecular flexibility index (Phi) is 9.92. The van der Waals surface area contributed by atoms with Crippen molar-refractivity contribution in [2.45, 2.75) is 51.7 Å². The van der Waals surface area contributed by atoms with Crippen LogP contribution in [0, 0.1) is 0 Å². The van der Waals surface area contributed by atoms with Gasteiger partial charge in [0.1, 0.15) is 11.2 Å². The highest BCUT2D eigenvalue weighted by atomic mass is 32.2. The molecule has 0 fully saturated rings. The first-order valence-corrected chi connectivity index (χ1v) is 10.0. The first kappa shape index (κ1) is 21.4. The van der Waals surface area contributed by atoms with Crippen LogP contribution in [0.3, 0.4) is 0 Å². The lowest BCUT2D eigenvalue weighted by Crippen LogP contribution is -2.29. The van der Waals surface area contributed by atoms with E-state index in [1.54, 1.807) is 23.5 Å². The van der Waals surface area contributed by atoms with Crippen LogP contribution < -0.4 is 0 Å². The van der Waals surface area contributed by atoms with Gasteiger partial charge in [-0.1, -0.05) is 0 Å². The van der Waals surface area contributed by atoms with Gasteiger partial charge in [-0.15, -0.1) is 0 Å². The zero-order chi connectivity index (χ0) is 17.2. The highest BCUT2D eigenvalue weighted by Crippen LogP contribution is 2.18. The number of carbonyl (C=O) groups is 2. The molecule has 0 aromatic heterocycles. The number of rotatable bonds is 10. The SMILES string of the molecule is CSCCC(C)(C)OC(=O)/C=C/C(=O)OC(C)(C)CCSC. The largest absolute Gasteiger partial charge is 0.456 e. The third kappa shape index (κ3) is 11.0. The summed E-state index contributed by atoms with van der Waals surface area (Å²) in [6, 6.07) is 0. The third-order valence-electron chi connectivity index (χ3n) is 2.93. The van der Waals surface area contributed by atoms with Gasteiger partial charge in [0.05, 0.1) is 0 Å². The van der Waals surface area contributed by atoms with Gasteiger partial charge in [-0.3, -0.25) is 0 Å². The molecule has 4 nitrogen and oxygen atoms in total. The van der Waals surface area contributed by atoms with Crippen molar-refractivity contribution in [1.82, 2.24) is 0 Å². The van der Waals surface area contributed by atoms with Crippen molar-refractivity contribution in [2.75, 3.05) is 24.0 Å². The summed E-state index contributed by atoms with van der Waals surface area (Å²) >= 11 is 3.40. The highest BCUT2D eigenvalue weighted by Gasteiger charge is 2.23. The van der Waals surface area contributed by atoms with Gasteiger partial charge in [0, 0.05) is 12.2 Å². The maximum atomic E-state index is 11.7. The molecule has 0 saturated carbocycles. The van der Waals surface area contributed by atoms with Gasteiger partial charge in [-0.2, -0.15) is 23.5 Å². The quantitative estimate of drug-likeness (QED) is 0.443. The Hall–Kier alpha value is -0.620. The van der Waals surface area contributed by atoms with Crippen molar-refractivity contribution in [3.63, 3.8) is 0 Å². The molecule has 22 heavy (non-hydrogen) atoms. The monoisotopic (exact) mass is 348 g/mol. The minimum atomic E-state index is -0.536. The number of esters is 2. The fraction of sp³-hybridized carbons (Fsp3) is 0.750. The minimum absolute atomic E-state index is 0.523. The molecule has 0 bridgehead atoms. The van der Waals surface area contributed by atoms with Gasteiger partial charge in [0.2, 0.25) is 0 Å². The van der Waals surface area contributed by atoms with Crippen LogP contribution in [0.1, 0.15) is 40.5 Å². The molecule has 0 aliphatic rings. The van der Waals surface area contributed by atoms with Gasteiger partial charge in [0.15, 0.2) is 0 Å². The molecule has 0 spiro atoms. The van der Waals surface area contributed by atoms with Crippen LogP contribution in [0.15, 0.2) is 12.2 Å². The average Bonchev–Trinajstić information content (AvgIpc) is 2.40. The number of thioether (sulfide) groups is 2. The molecule has 0 aromatic carbocycles. The summed E-state index contributed by atoms with van der Waals surface area (Å²) in [7, 11) is 0. The van der Waals surface area contributed by atoms with Crippen molar-refractivity contribution in [3.8, 4) is 0 Å². The minimum Gasteiger partial charge on any atom is -0.456 e. The van der Waals surface area contributed by atoms with E-state index in [1.807, 2.05) is 40.2 Å². The van der Waals surface area contributed by atoms with Crippen LogP contribution in [0.5, 0.6) is 0 Å². The van der Waals surface area contributed by atoms with Crippen LogP contribution >= 0.6 is 23.5 Å². The van der Waals surface area contributed by atoms with E-state index in [-0.39, 0.29) is 0 Å². The molecule has 0 rings (SSSR count). The van der Waals surface area contributed by atoms with Crippen molar-refractivity contribution in [1.29, 1.82) is 0 Å². The lowest BCUT2D eigenvalue weighted by atomic mass is 10.1. The van der Waals surface area contributed by atoms with Gasteiger partial charge in [0.25, 0.3) is 0 Å². The summed E-state index contributed by atoms with van der Waals surface area (Å²) in [5, 5.41) is 0. The molecule has 0 amide bonds. The molecule has 128 valence electrons. The summed E-state index contributed by atoms with van der Waals surface area (Å²) < 4.78 is 10.7. The lowest BCUT2D eigenvalue weighted by molar-refractivity contribution is -0.153. The van der Waals surface area contributed by atoms with Crippen molar-refractivity contribution in [2.24, 2.45) is 0 Å². The smallest absolute Gasteiger partial charge is 0.331 e. The second-order valence-electron chi connectivity index (χ2n) is 6.18. The Morgan fingerprint density at radius 3 is 1.41 bits per heavy atom. The Morgan fingerprint density at radius 2 is 1.14 bits per heavy atom. The summed E-state index contributed by atoms with van der Waals surface area (Å²) in [5.74, 6) is 0.778. The van der Waals surface area contributed by atoms with E-state index in [0.29, 0.717) is 0 Å². The van der Waals surface area contributed by atoms with Crippen LogP contribution in [0.25, 0.3) is 0 Å². The Balaban J connectivity index is 4.34. The van der Waals surface area contributed by atoms with Crippen molar-refractivity contribution >= 4 is 35.5 Å². The first-order chi connectivity index (χ1) is 10.1. The molecule has 0 aliphatic carbocycles. The Morgan fingerprint density at radius 1 is 0.818 bits per heavy atom. The van der Waals surface area contributed by atoms with Gasteiger partial charge in [-0.05, 0) is 64.6 Å². The molecule has 6 heteroatoms. The number of ether oxygens (including phenoxy) is 2. The van der Waals surface area contributed by atoms with Gasteiger partial charge < -0.3 is 9.47 Å². The summed E-state index contributed by atoms with van der Waals surface area (Å²) in [6.07, 6.45) is 7.81. The number of carbonyl (C=O) groups excluding carboxylic acids is 2. The molecule has 0 aromatic rings. The first-order valence-electron chi connectivity index (χ1n) is 7.24. The zero-order valence-electron chi connectivity index (χ0n) is 14.4. The maximum absolute atomic E-state index is 11.7. The van der Waals surface area contributed by atoms with Crippen molar-refractivity contribution < 1.29 is 19.1 Å². The molecular weight excluding hydrogens is 320 g/mol. The van der Waals surface area contributed by atoms with E-state index in [0.717, 1.165) is 36.5 Å². The fourth-order valence-electron chi connectivity index (χ4n) is 1.55. The molecule has 0 unspecified atom stereocenters. The third-order valence-corrected chi connectivity index (χ3v) is 4.15. The summed E-state index contributed by atoms with van der Waals surface area (Å²) in [6.45, 7) is 7.44. The van der Waals surface area contributed by atoms with Gasteiger partial charge in [-0.25, -0.2) is 9.59 Å². The molecule has 0 aliphatic heterocycles. The van der Waals surface area contributed by atoms with E-state index in [9.17, 15) is 9.59 Å². The van der Waals surface area contributed by atoms with E-state index in [4.69, 9.17) is 9.47 Å². The lowest BCUT2D eigenvalue weighted by Gasteiger charge is -2.24. The van der Waals surface area contributed by atoms with Crippen molar-refractivity contribution in [3.05, 3.63) is 12.2 Å². The van der Waals surface area contributed by atoms with E-state index >= 15 is 0 Å². The molecule has 0 saturated heterocycles. The van der Waals surface area contributed by atoms with Gasteiger partial charge >= 0.3 is 11.9 Å². The van der Waals surface area contributed by atoms with E-state index in [2.05, 4.69) is 0 Å². The fourth-order valence-corrected chi connectivity index (χ4v) is 2.94. The second-order valence-corrected chi connectivity index (χ2v) is 8.15. The molecule has 0 atom stereocenters. The van der Waals surface area contributed by atoms with Crippen LogP contribution in [-0.2, 0) is 19.1 Å². The Labute approximate surface area is 142 Å². The highest BCUT2D eigenvalue weighted by molar-refractivity contribution is 7.98. The number of hydrogen-bond donors (Lipinski definition) is 0. The van der Waals surface area contributed by atoms with E-state index < -0.39 is 23.1 Å². The molecular formula is C16H28O4S2. The number of hydrogen-bond acceptors (Lipinski definition) is 6. The molecule has 0 heterocycles. The van der Waals surface area contributed by atoms with Crippen LogP contribution in [-0.4, -0.2) is 47.2 Å². The van der Waals surface area contributed by atoms with Crippen LogP contribution in [0.4, 0.5) is 0 Å². The summed E-state index contributed by atoms with van der Waals surface area (Å²) in [5.41, 5.74) is -1.07. The topological polar surface area (TPSA) is 52.6 Å². The second kappa shape index (κ2) is 10.2. The van der Waals surface area contributed by atoms with E-state index in [1.165, 1.54) is 0 Å². The molecule has 0 radical (unpaired) electrons. The average molecular weight is 349 g/mol. The Bertz CT molecular complexity index is 354. The predicted molar refractivity (Wildman–Crippen MR) is 95.5 cm³/mol. The predicted octanol–water partition coefficient (Wildman–Crippen LogP) is 3.69.